The number of carbonyl (C=O) groups is 1. The third kappa shape index (κ3) is 4.60. The molecule has 0 fully saturated rings. The minimum absolute atomic E-state index is 0.0268. The maximum atomic E-state index is 11.3. The highest BCUT2D eigenvalue weighted by Crippen LogP contribution is 2.21. The van der Waals surface area contributed by atoms with Crippen LogP contribution >= 0.6 is 15.9 Å². The zero-order chi connectivity index (χ0) is 15.2. The van der Waals surface area contributed by atoms with E-state index in [1.54, 1.807) is 7.05 Å². The summed E-state index contributed by atoms with van der Waals surface area (Å²) in [5.74, 6) is 0.0268. The summed E-state index contributed by atoms with van der Waals surface area (Å²) < 4.78 is 1.08. The average molecular weight is 347 g/mol. The van der Waals surface area contributed by atoms with E-state index in [1.165, 1.54) is 5.56 Å². The molecule has 4 heteroatoms. The molecule has 2 N–H and O–H groups in total. The van der Waals surface area contributed by atoms with Crippen LogP contribution in [0.4, 0.5) is 5.69 Å². The van der Waals surface area contributed by atoms with E-state index in [1.807, 2.05) is 36.4 Å². The molecule has 0 heterocycles. The Morgan fingerprint density at radius 3 is 2.29 bits per heavy atom. The van der Waals surface area contributed by atoms with E-state index >= 15 is 0 Å². The summed E-state index contributed by atoms with van der Waals surface area (Å²) in [5.41, 5.74) is 3.29. The Morgan fingerprint density at radius 1 is 1.10 bits per heavy atom. The largest absolute Gasteiger partial charge is 0.379 e. The van der Waals surface area contributed by atoms with Crippen molar-refractivity contribution in [3.05, 3.63) is 64.1 Å². The van der Waals surface area contributed by atoms with Crippen molar-refractivity contribution in [2.75, 3.05) is 12.4 Å². The summed E-state index contributed by atoms with van der Waals surface area (Å²) in [6, 6.07) is 16.5. The number of amides is 1. The van der Waals surface area contributed by atoms with E-state index in [0.29, 0.717) is 6.42 Å². The number of nitrogens with one attached hydrogen (secondary N) is 2. The number of benzene rings is 2. The summed E-state index contributed by atoms with van der Waals surface area (Å²) in [4.78, 5) is 11.3. The van der Waals surface area contributed by atoms with E-state index in [9.17, 15) is 4.79 Å². The van der Waals surface area contributed by atoms with Crippen LogP contribution in [-0.2, 0) is 11.2 Å². The minimum atomic E-state index is 0.0268. The molecule has 2 rings (SSSR count). The van der Waals surface area contributed by atoms with Crippen LogP contribution in [0.3, 0.4) is 0 Å². The number of carbonyl (C=O) groups excluding carboxylic acids is 1. The molecule has 1 unspecified atom stereocenters. The molecular formula is C17H19BrN2O. The highest BCUT2D eigenvalue weighted by atomic mass is 79.9. The second kappa shape index (κ2) is 7.27. The smallest absolute Gasteiger partial charge is 0.224 e. The monoisotopic (exact) mass is 346 g/mol. The first-order chi connectivity index (χ1) is 10.1. The summed E-state index contributed by atoms with van der Waals surface area (Å²) in [5, 5.41) is 6.08. The second-order valence-electron chi connectivity index (χ2n) is 4.96. The van der Waals surface area contributed by atoms with Gasteiger partial charge in [0.05, 0.1) is 6.42 Å². The van der Waals surface area contributed by atoms with E-state index < -0.39 is 0 Å². The molecule has 0 spiro atoms. The first kappa shape index (κ1) is 15.6. The highest BCUT2D eigenvalue weighted by molar-refractivity contribution is 9.10. The fourth-order valence-corrected chi connectivity index (χ4v) is 2.34. The van der Waals surface area contributed by atoms with Gasteiger partial charge in [-0.15, -0.1) is 0 Å². The van der Waals surface area contributed by atoms with Crippen molar-refractivity contribution in [1.82, 2.24) is 5.32 Å². The van der Waals surface area contributed by atoms with Crippen molar-refractivity contribution in [3.63, 3.8) is 0 Å². The lowest BCUT2D eigenvalue weighted by atomic mass is 10.1. The van der Waals surface area contributed by atoms with E-state index in [4.69, 9.17) is 0 Å². The molecule has 0 aliphatic heterocycles. The summed E-state index contributed by atoms with van der Waals surface area (Å²) in [6.45, 7) is 2.13. The molecule has 2 aromatic carbocycles. The van der Waals surface area contributed by atoms with Crippen molar-refractivity contribution in [1.29, 1.82) is 0 Å². The van der Waals surface area contributed by atoms with Gasteiger partial charge in [-0.1, -0.05) is 40.2 Å². The second-order valence-corrected chi connectivity index (χ2v) is 5.88. The van der Waals surface area contributed by atoms with Gasteiger partial charge in [-0.3, -0.25) is 4.79 Å². The maximum absolute atomic E-state index is 11.3. The molecule has 0 aliphatic rings. The lowest BCUT2D eigenvalue weighted by molar-refractivity contribution is -0.119. The van der Waals surface area contributed by atoms with E-state index in [2.05, 4.69) is 45.6 Å². The summed E-state index contributed by atoms with van der Waals surface area (Å²) in [7, 11) is 1.65. The first-order valence-corrected chi connectivity index (χ1v) is 7.69. The van der Waals surface area contributed by atoms with Crippen LogP contribution in [-0.4, -0.2) is 13.0 Å². The molecule has 1 atom stereocenters. The van der Waals surface area contributed by atoms with Crippen molar-refractivity contribution in [2.45, 2.75) is 19.4 Å². The van der Waals surface area contributed by atoms with Gasteiger partial charge in [-0.2, -0.15) is 0 Å². The molecule has 3 nitrogen and oxygen atoms in total. The number of rotatable bonds is 5. The molecule has 0 aliphatic carbocycles. The quantitative estimate of drug-likeness (QED) is 0.861. The molecule has 0 aromatic heterocycles. The summed E-state index contributed by atoms with van der Waals surface area (Å²) >= 11 is 3.44. The normalized spacial score (nSPS) is 11.8. The number of halogens is 1. The Labute approximate surface area is 133 Å². The van der Waals surface area contributed by atoms with Crippen molar-refractivity contribution in [3.8, 4) is 0 Å². The fourth-order valence-electron chi connectivity index (χ4n) is 2.08. The minimum Gasteiger partial charge on any atom is -0.379 e. The van der Waals surface area contributed by atoms with Crippen LogP contribution in [0.2, 0.25) is 0 Å². The van der Waals surface area contributed by atoms with Gasteiger partial charge in [-0.25, -0.2) is 0 Å². The predicted molar refractivity (Wildman–Crippen MR) is 90.4 cm³/mol. The van der Waals surface area contributed by atoms with Gasteiger partial charge in [0, 0.05) is 23.2 Å². The standard InChI is InChI=1S/C17H19BrN2O/c1-12(14-5-7-15(18)8-6-14)20-16-9-3-13(4-10-16)11-17(21)19-2/h3-10,12,20H,11H2,1-2H3,(H,19,21). The Kier molecular flexibility index (Phi) is 5.39. The molecule has 110 valence electrons. The predicted octanol–water partition coefficient (Wildman–Crippen LogP) is 3.91. The SMILES string of the molecule is CNC(=O)Cc1ccc(NC(C)c2ccc(Br)cc2)cc1. The molecule has 0 radical (unpaired) electrons. The fraction of sp³-hybridized carbons (Fsp3) is 0.235. The molecule has 0 bridgehead atoms. The Hall–Kier alpha value is -1.81. The van der Waals surface area contributed by atoms with Crippen LogP contribution in [0, 0.1) is 0 Å². The number of likely N-dealkylation sites (N-methyl/N-ethyl adjacent to an activating group) is 1. The zero-order valence-electron chi connectivity index (χ0n) is 12.2. The number of hydrogen-bond acceptors (Lipinski definition) is 2. The van der Waals surface area contributed by atoms with E-state index in [-0.39, 0.29) is 11.9 Å². The van der Waals surface area contributed by atoms with Gasteiger partial charge in [-0.05, 0) is 42.3 Å². The lowest BCUT2D eigenvalue weighted by Gasteiger charge is -2.16. The average Bonchev–Trinajstić information content (AvgIpc) is 2.49. The van der Waals surface area contributed by atoms with Crippen molar-refractivity contribution >= 4 is 27.5 Å². The van der Waals surface area contributed by atoms with Crippen LogP contribution < -0.4 is 10.6 Å². The molecule has 2 aromatic rings. The third-order valence-corrected chi connectivity index (χ3v) is 3.88. The maximum Gasteiger partial charge on any atom is 0.224 e. The van der Waals surface area contributed by atoms with Gasteiger partial charge < -0.3 is 10.6 Å². The highest BCUT2D eigenvalue weighted by Gasteiger charge is 2.06. The van der Waals surface area contributed by atoms with Crippen molar-refractivity contribution in [2.24, 2.45) is 0 Å². The molecule has 1 amide bonds. The van der Waals surface area contributed by atoms with Crippen LogP contribution in [0.25, 0.3) is 0 Å². The van der Waals surface area contributed by atoms with Gasteiger partial charge in [0.25, 0.3) is 0 Å². The lowest BCUT2D eigenvalue weighted by Crippen LogP contribution is -2.19. The van der Waals surface area contributed by atoms with Gasteiger partial charge >= 0.3 is 0 Å². The van der Waals surface area contributed by atoms with Gasteiger partial charge in [0.15, 0.2) is 0 Å². The molecule has 0 saturated carbocycles. The Bertz CT molecular complexity index is 593. The molecule has 0 saturated heterocycles. The van der Waals surface area contributed by atoms with E-state index in [0.717, 1.165) is 15.7 Å². The molecular weight excluding hydrogens is 328 g/mol. The number of anilines is 1. The number of hydrogen-bond donors (Lipinski definition) is 2. The topological polar surface area (TPSA) is 41.1 Å². The van der Waals surface area contributed by atoms with Crippen LogP contribution in [0.15, 0.2) is 53.0 Å². The zero-order valence-corrected chi connectivity index (χ0v) is 13.8. The Balaban J connectivity index is 1.99. The molecule has 21 heavy (non-hydrogen) atoms. The Morgan fingerprint density at radius 2 is 1.71 bits per heavy atom. The third-order valence-electron chi connectivity index (χ3n) is 3.35. The van der Waals surface area contributed by atoms with Crippen LogP contribution in [0.5, 0.6) is 0 Å². The van der Waals surface area contributed by atoms with Crippen molar-refractivity contribution < 1.29 is 4.79 Å². The van der Waals surface area contributed by atoms with Gasteiger partial charge in [0.1, 0.15) is 0 Å². The van der Waals surface area contributed by atoms with Gasteiger partial charge in [0.2, 0.25) is 5.91 Å². The first-order valence-electron chi connectivity index (χ1n) is 6.90. The summed E-state index contributed by atoms with van der Waals surface area (Å²) in [6.07, 6.45) is 0.416. The van der Waals surface area contributed by atoms with Crippen LogP contribution in [0.1, 0.15) is 24.1 Å².